The molecule has 0 aromatic heterocycles. The van der Waals surface area contributed by atoms with Gasteiger partial charge in [-0.05, 0) is 43.0 Å². The van der Waals surface area contributed by atoms with E-state index in [4.69, 9.17) is 0 Å². The normalized spacial score (nSPS) is 16.4. The third kappa shape index (κ3) is 3.15. The smallest absolute Gasteiger partial charge is 0.162 e. The molecule has 0 unspecified atom stereocenters. The predicted octanol–water partition coefficient (Wildman–Crippen LogP) is 4.29. The van der Waals surface area contributed by atoms with Crippen molar-refractivity contribution in [2.24, 2.45) is 5.92 Å². The molecular formula is C15H19FO. The monoisotopic (exact) mass is 234 g/mol. The summed E-state index contributed by atoms with van der Waals surface area (Å²) in [7, 11) is 0. The van der Waals surface area contributed by atoms with Gasteiger partial charge in [0.1, 0.15) is 5.82 Å². The van der Waals surface area contributed by atoms with E-state index < -0.39 is 0 Å². The van der Waals surface area contributed by atoms with Gasteiger partial charge < -0.3 is 0 Å². The zero-order valence-electron chi connectivity index (χ0n) is 10.3. The number of ketones is 1. The van der Waals surface area contributed by atoms with Gasteiger partial charge in [0.05, 0.1) is 0 Å². The molecule has 1 aliphatic rings. The molecule has 1 saturated carbocycles. The fourth-order valence-corrected chi connectivity index (χ4v) is 2.60. The number of aryl methyl sites for hydroxylation is 1. The van der Waals surface area contributed by atoms with E-state index in [1.54, 1.807) is 19.1 Å². The minimum Gasteiger partial charge on any atom is -0.294 e. The highest BCUT2D eigenvalue weighted by Crippen LogP contribution is 2.29. The molecule has 0 amide bonds. The van der Waals surface area contributed by atoms with Crippen molar-refractivity contribution in [2.75, 3.05) is 0 Å². The average molecular weight is 234 g/mol. The Bertz CT molecular complexity index is 405. The third-order valence-corrected chi connectivity index (χ3v) is 3.73. The Balaban J connectivity index is 1.92. The zero-order valence-corrected chi connectivity index (χ0v) is 10.3. The number of halogens is 1. The summed E-state index contributed by atoms with van der Waals surface area (Å²) in [5, 5.41) is 0. The quantitative estimate of drug-likeness (QED) is 0.710. The predicted molar refractivity (Wildman–Crippen MR) is 66.7 cm³/mol. The number of rotatable bonds is 4. The van der Waals surface area contributed by atoms with Gasteiger partial charge in [0.2, 0.25) is 0 Å². The summed E-state index contributed by atoms with van der Waals surface area (Å²) in [6, 6.07) is 4.64. The molecule has 0 atom stereocenters. The van der Waals surface area contributed by atoms with Crippen LogP contribution in [0.25, 0.3) is 0 Å². The fraction of sp³-hybridized carbons (Fsp3) is 0.533. The molecule has 0 radical (unpaired) electrons. The van der Waals surface area contributed by atoms with Crippen LogP contribution in [0.2, 0.25) is 0 Å². The lowest BCUT2D eigenvalue weighted by atomic mass is 9.97. The SMILES string of the molecule is Cc1cc(C(=O)CCC2CCCC2)ccc1F. The van der Waals surface area contributed by atoms with Crippen molar-refractivity contribution in [3.05, 3.63) is 35.1 Å². The Labute approximate surface area is 102 Å². The van der Waals surface area contributed by atoms with E-state index >= 15 is 0 Å². The van der Waals surface area contributed by atoms with E-state index in [0.717, 1.165) is 12.3 Å². The maximum absolute atomic E-state index is 13.1. The van der Waals surface area contributed by atoms with Gasteiger partial charge in [-0.15, -0.1) is 0 Å². The first kappa shape index (κ1) is 12.3. The maximum atomic E-state index is 13.1. The van der Waals surface area contributed by atoms with E-state index in [-0.39, 0.29) is 11.6 Å². The van der Waals surface area contributed by atoms with Crippen LogP contribution >= 0.6 is 0 Å². The number of hydrogen-bond acceptors (Lipinski definition) is 1. The highest BCUT2D eigenvalue weighted by molar-refractivity contribution is 5.96. The van der Waals surface area contributed by atoms with Crippen LogP contribution < -0.4 is 0 Å². The third-order valence-electron chi connectivity index (χ3n) is 3.73. The van der Waals surface area contributed by atoms with Crippen LogP contribution in [0.3, 0.4) is 0 Å². The molecule has 0 saturated heterocycles. The first-order chi connectivity index (χ1) is 8.16. The molecule has 0 N–H and O–H groups in total. The lowest BCUT2D eigenvalue weighted by Crippen LogP contribution is -2.03. The van der Waals surface area contributed by atoms with Gasteiger partial charge in [0.15, 0.2) is 5.78 Å². The molecule has 1 fully saturated rings. The number of Topliss-reactive ketones (excluding diaryl/α,β-unsaturated/α-hetero) is 1. The van der Waals surface area contributed by atoms with Crippen molar-refractivity contribution in [1.29, 1.82) is 0 Å². The van der Waals surface area contributed by atoms with Crippen LogP contribution in [0.1, 0.15) is 54.4 Å². The van der Waals surface area contributed by atoms with Crippen molar-refractivity contribution >= 4 is 5.78 Å². The Morgan fingerprint density at radius 2 is 2.06 bits per heavy atom. The van der Waals surface area contributed by atoms with Gasteiger partial charge in [0, 0.05) is 12.0 Å². The highest BCUT2D eigenvalue weighted by atomic mass is 19.1. The number of carbonyl (C=O) groups is 1. The van der Waals surface area contributed by atoms with Crippen LogP contribution in [0.15, 0.2) is 18.2 Å². The molecule has 92 valence electrons. The van der Waals surface area contributed by atoms with Crippen LogP contribution in [0, 0.1) is 18.7 Å². The van der Waals surface area contributed by atoms with Gasteiger partial charge in [-0.2, -0.15) is 0 Å². The summed E-state index contributed by atoms with van der Waals surface area (Å²) >= 11 is 0. The molecule has 17 heavy (non-hydrogen) atoms. The summed E-state index contributed by atoms with van der Waals surface area (Å²) < 4.78 is 13.1. The molecule has 0 bridgehead atoms. The van der Waals surface area contributed by atoms with Crippen LogP contribution in [-0.4, -0.2) is 5.78 Å². The molecule has 0 heterocycles. The van der Waals surface area contributed by atoms with Gasteiger partial charge in [-0.3, -0.25) is 4.79 Å². The standard InChI is InChI=1S/C15H19FO/c1-11-10-13(7-8-14(11)16)15(17)9-6-12-4-2-3-5-12/h7-8,10,12H,2-6,9H2,1H3. The summed E-state index contributed by atoms with van der Waals surface area (Å²) in [6.45, 7) is 1.70. The summed E-state index contributed by atoms with van der Waals surface area (Å²) in [4.78, 5) is 11.9. The molecule has 0 aliphatic heterocycles. The maximum Gasteiger partial charge on any atom is 0.162 e. The first-order valence-corrected chi connectivity index (χ1v) is 6.46. The second kappa shape index (κ2) is 5.44. The number of benzene rings is 1. The minimum absolute atomic E-state index is 0.153. The number of hydrogen-bond donors (Lipinski definition) is 0. The minimum atomic E-state index is -0.239. The lowest BCUT2D eigenvalue weighted by Gasteiger charge is -2.08. The Kier molecular flexibility index (Phi) is 3.93. The molecule has 2 rings (SSSR count). The highest BCUT2D eigenvalue weighted by Gasteiger charge is 2.17. The molecular weight excluding hydrogens is 215 g/mol. The Hall–Kier alpha value is -1.18. The van der Waals surface area contributed by atoms with Crippen molar-refractivity contribution < 1.29 is 9.18 Å². The van der Waals surface area contributed by atoms with Crippen molar-refractivity contribution in [2.45, 2.75) is 45.4 Å². The fourth-order valence-electron chi connectivity index (χ4n) is 2.60. The summed E-state index contributed by atoms with van der Waals surface area (Å²) in [6.07, 6.45) is 6.78. The zero-order chi connectivity index (χ0) is 12.3. The van der Waals surface area contributed by atoms with Crippen LogP contribution in [0.5, 0.6) is 0 Å². The second-order valence-corrected chi connectivity index (χ2v) is 5.08. The summed E-state index contributed by atoms with van der Waals surface area (Å²) in [5.74, 6) is 0.651. The van der Waals surface area contributed by atoms with Gasteiger partial charge >= 0.3 is 0 Å². The lowest BCUT2D eigenvalue weighted by molar-refractivity contribution is 0.0974. The van der Waals surface area contributed by atoms with Gasteiger partial charge in [-0.25, -0.2) is 4.39 Å². The molecule has 1 aliphatic carbocycles. The van der Waals surface area contributed by atoms with Crippen LogP contribution in [-0.2, 0) is 0 Å². The van der Waals surface area contributed by atoms with E-state index in [1.807, 2.05) is 0 Å². The molecule has 1 aromatic carbocycles. The van der Waals surface area contributed by atoms with E-state index in [0.29, 0.717) is 17.5 Å². The molecule has 1 aromatic rings. The Morgan fingerprint density at radius 3 is 2.71 bits per heavy atom. The summed E-state index contributed by atoms with van der Waals surface area (Å²) in [5.41, 5.74) is 1.21. The first-order valence-electron chi connectivity index (χ1n) is 6.46. The van der Waals surface area contributed by atoms with E-state index in [1.165, 1.54) is 31.7 Å². The van der Waals surface area contributed by atoms with Gasteiger partial charge in [0.25, 0.3) is 0 Å². The topological polar surface area (TPSA) is 17.1 Å². The van der Waals surface area contributed by atoms with Gasteiger partial charge in [-0.1, -0.05) is 25.7 Å². The molecule has 1 nitrogen and oxygen atoms in total. The second-order valence-electron chi connectivity index (χ2n) is 5.08. The van der Waals surface area contributed by atoms with Crippen molar-refractivity contribution in [1.82, 2.24) is 0 Å². The average Bonchev–Trinajstić information content (AvgIpc) is 2.82. The van der Waals surface area contributed by atoms with Crippen molar-refractivity contribution in [3.8, 4) is 0 Å². The largest absolute Gasteiger partial charge is 0.294 e. The van der Waals surface area contributed by atoms with Crippen LogP contribution in [0.4, 0.5) is 4.39 Å². The van der Waals surface area contributed by atoms with E-state index in [9.17, 15) is 9.18 Å². The van der Waals surface area contributed by atoms with E-state index in [2.05, 4.69) is 0 Å². The van der Waals surface area contributed by atoms with Crippen molar-refractivity contribution in [3.63, 3.8) is 0 Å². The molecule has 0 spiro atoms. The Morgan fingerprint density at radius 1 is 1.35 bits per heavy atom. The number of carbonyl (C=O) groups excluding carboxylic acids is 1. The molecule has 2 heteroatoms.